The first kappa shape index (κ1) is 7.41. The molecule has 0 aromatic rings. The van der Waals surface area contributed by atoms with Gasteiger partial charge in [0.2, 0.25) is 0 Å². The van der Waals surface area contributed by atoms with E-state index in [0.29, 0.717) is 0 Å². The van der Waals surface area contributed by atoms with Crippen LogP contribution in [0.3, 0.4) is 0 Å². The van der Waals surface area contributed by atoms with Gasteiger partial charge in [0.05, 0.1) is 0 Å². The fourth-order valence-electron chi connectivity index (χ4n) is 3.90. The zero-order valence-corrected chi connectivity index (χ0v) is 7.97. The Morgan fingerprint density at radius 2 is 0.833 bits per heavy atom. The quantitative estimate of drug-likeness (QED) is 0.513. The number of hydrogen-bond donors (Lipinski definition) is 0. The molecular formula is C12H20. The maximum absolute atomic E-state index is 1.60. The topological polar surface area (TPSA) is 0 Å². The normalized spacial score (nSPS) is 52.0. The summed E-state index contributed by atoms with van der Waals surface area (Å²) in [4.78, 5) is 0. The smallest absolute Gasteiger partial charge is 0.0406 e. The predicted octanol–water partition coefficient (Wildman–Crippen LogP) is 3.61. The Hall–Kier alpha value is 0. The van der Waals surface area contributed by atoms with E-state index in [1.54, 1.807) is 51.4 Å². The second kappa shape index (κ2) is 2.75. The summed E-state index contributed by atoms with van der Waals surface area (Å²) < 4.78 is 0. The summed E-state index contributed by atoms with van der Waals surface area (Å²) in [5, 5.41) is 0. The van der Waals surface area contributed by atoms with Crippen LogP contribution in [0.4, 0.5) is 0 Å². The van der Waals surface area contributed by atoms with E-state index >= 15 is 0 Å². The second-order valence-electron chi connectivity index (χ2n) is 5.56. The molecule has 0 heteroatoms. The van der Waals surface area contributed by atoms with Gasteiger partial charge in [-0.25, -0.2) is 0 Å². The van der Waals surface area contributed by atoms with Crippen LogP contribution in [0.15, 0.2) is 0 Å². The molecule has 4 rings (SSSR count). The summed E-state index contributed by atoms with van der Waals surface area (Å²) in [6, 6.07) is 0. The first-order valence-corrected chi connectivity index (χ1v) is 5.90. The van der Waals surface area contributed by atoms with Gasteiger partial charge in [0, 0.05) is 0 Å². The highest BCUT2D eigenvalue weighted by molar-refractivity contribution is 4.87. The van der Waals surface area contributed by atoms with E-state index in [1.807, 2.05) is 0 Å². The van der Waals surface area contributed by atoms with Gasteiger partial charge < -0.3 is 0 Å². The van der Waals surface area contributed by atoms with E-state index in [0.717, 1.165) is 23.7 Å². The summed E-state index contributed by atoms with van der Waals surface area (Å²) in [7, 11) is 0. The zero-order chi connectivity index (χ0) is 7.97. The molecule has 0 spiro atoms. The van der Waals surface area contributed by atoms with E-state index < -0.39 is 0 Å². The van der Waals surface area contributed by atoms with Crippen molar-refractivity contribution in [3.05, 3.63) is 0 Å². The van der Waals surface area contributed by atoms with Crippen LogP contribution in [0.25, 0.3) is 0 Å². The molecule has 0 amide bonds. The van der Waals surface area contributed by atoms with Crippen LogP contribution in [0.1, 0.15) is 51.4 Å². The minimum atomic E-state index is 1.15. The van der Waals surface area contributed by atoms with Crippen molar-refractivity contribution < 1.29 is 0 Å². The van der Waals surface area contributed by atoms with E-state index in [9.17, 15) is 0 Å². The minimum absolute atomic E-state index is 1.15. The Bertz CT molecular complexity index is 167. The lowest BCUT2D eigenvalue weighted by molar-refractivity contribution is 0.152. The monoisotopic (exact) mass is 164 g/mol. The van der Waals surface area contributed by atoms with Crippen LogP contribution >= 0.6 is 0 Å². The molecule has 0 radical (unpaired) electrons. The second-order valence-corrected chi connectivity index (χ2v) is 5.56. The Labute approximate surface area is 75.7 Å². The van der Waals surface area contributed by atoms with E-state index in [2.05, 4.69) is 0 Å². The third kappa shape index (κ3) is 1.20. The highest BCUT2D eigenvalue weighted by Gasteiger charge is 2.36. The SMILES string of the molecule is C1CC2CC1CCC1CC(C2)C1. The van der Waals surface area contributed by atoms with Crippen LogP contribution in [0.5, 0.6) is 0 Å². The molecule has 2 atom stereocenters. The van der Waals surface area contributed by atoms with Gasteiger partial charge in [-0.2, -0.15) is 0 Å². The molecule has 4 bridgehead atoms. The first-order chi connectivity index (χ1) is 5.90. The van der Waals surface area contributed by atoms with Gasteiger partial charge in [-0.05, 0) is 49.4 Å². The fourth-order valence-corrected chi connectivity index (χ4v) is 3.90. The highest BCUT2D eigenvalue weighted by atomic mass is 14.4. The molecule has 4 aliphatic rings. The summed E-state index contributed by atoms with van der Waals surface area (Å²) in [5.41, 5.74) is 0. The predicted molar refractivity (Wildman–Crippen MR) is 50.9 cm³/mol. The maximum atomic E-state index is 1.60. The van der Waals surface area contributed by atoms with Gasteiger partial charge in [0.25, 0.3) is 0 Å². The van der Waals surface area contributed by atoms with Crippen molar-refractivity contribution in [3.8, 4) is 0 Å². The van der Waals surface area contributed by atoms with Crippen molar-refractivity contribution in [2.45, 2.75) is 51.4 Å². The molecule has 0 nitrogen and oxygen atoms in total. The summed E-state index contributed by atoms with van der Waals surface area (Å²) in [5.74, 6) is 4.62. The molecule has 4 aliphatic carbocycles. The molecule has 0 aliphatic heterocycles. The molecule has 68 valence electrons. The number of hydrogen-bond acceptors (Lipinski definition) is 0. The van der Waals surface area contributed by atoms with E-state index in [-0.39, 0.29) is 0 Å². The van der Waals surface area contributed by atoms with Crippen LogP contribution in [0.2, 0.25) is 0 Å². The van der Waals surface area contributed by atoms with Gasteiger partial charge in [0.15, 0.2) is 0 Å². The Morgan fingerprint density at radius 1 is 0.417 bits per heavy atom. The molecule has 12 heavy (non-hydrogen) atoms. The van der Waals surface area contributed by atoms with Gasteiger partial charge in [0.1, 0.15) is 0 Å². The lowest BCUT2D eigenvalue weighted by Crippen LogP contribution is -2.24. The van der Waals surface area contributed by atoms with E-state index in [4.69, 9.17) is 0 Å². The van der Waals surface area contributed by atoms with Crippen molar-refractivity contribution in [2.24, 2.45) is 23.7 Å². The van der Waals surface area contributed by atoms with Gasteiger partial charge >= 0.3 is 0 Å². The standard InChI is InChI=1S/C12H20/c1-3-10-5-9(1)2-4-11-7-12(6-10)8-11/h9-12H,1-8H2. The average molecular weight is 164 g/mol. The molecule has 2 unspecified atom stereocenters. The molecule has 0 aromatic heterocycles. The molecular weight excluding hydrogens is 144 g/mol. The van der Waals surface area contributed by atoms with Crippen molar-refractivity contribution in [2.75, 3.05) is 0 Å². The number of fused-ring (bicyclic) bond motifs is 1. The number of rotatable bonds is 0. The third-order valence-electron chi connectivity index (χ3n) is 4.63. The van der Waals surface area contributed by atoms with Gasteiger partial charge in [-0.15, -0.1) is 0 Å². The molecule has 4 saturated carbocycles. The van der Waals surface area contributed by atoms with Crippen molar-refractivity contribution in [3.63, 3.8) is 0 Å². The molecule has 0 saturated heterocycles. The minimum Gasteiger partial charge on any atom is -0.0502 e. The third-order valence-corrected chi connectivity index (χ3v) is 4.63. The van der Waals surface area contributed by atoms with Crippen molar-refractivity contribution in [1.82, 2.24) is 0 Å². The first-order valence-electron chi connectivity index (χ1n) is 5.90. The van der Waals surface area contributed by atoms with Crippen LogP contribution in [-0.4, -0.2) is 0 Å². The lowest BCUT2D eigenvalue weighted by Gasteiger charge is -2.36. The van der Waals surface area contributed by atoms with Crippen molar-refractivity contribution in [1.29, 1.82) is 0 Å². The summed E-state index contributed by atoms with van der Waals surface area (Å²) in [6.45, 7) is 0. The average Bonchev–Trinajstić information content (AvgIpc) is 2.47. The van der Waals surface area contributed by atoms with Gasteiger partial charge in [-0.3, -0.25) is 0 Å². The summed E-state index contributed by atoms with van der Waals surface area (Å²) in [6.07, 6.45) is 12.7. The Balaban J connectivity index is 1.71. The van der Waals surface area contributed by atoms with E-state index in [1.165, 1.54) is 0 Å². The van der Waals surface area contributed by atoms with Crippen LogP contribution < -0.4 is 0 Å². The molecule has 4 fully saturated rings. The zero-order valence-electron chi connectivity index (χ0n) is 7.97. The Kier molecular flexibility index (Phi) is 1.70. The summed E-state index contributed by atoms with van der Waals surface area (Å²) >= 11 is 0. The highest BCUT2D eigenvalue weighted by Crippen LogP contribution is 2.48. The largest absolute Gasteiger partial charge is 0.0502 e. The fraction of sp³-hybridized carbons (Fsp3) is 1.00. The van der Waals surface area contributed by atoms with Crippen LogP contribution in [-0.2, 0) is 0 Å². The Morgan fingerprint density at radius 3 is 1.42 bits per heavy atom. The molecule has 0 heterocycles. The molecule has 0 N–H and O–H groups in total. The molecule has 0 aromatic carbocycles. The van der Waals surface area contributed by atoms with Gasteiger partial charge in [-0.1, -0.05) is 25.7 Å². The van der Waals surface area contributed by atoms with Crippen LogP contribution in [0, 0.1) is 23.7 Å². The van der Waals surface area contributed by atoms with Crippen molar-refractivity contribution >= 4 is 0 Å². The maximum Gasteiger partial charge on any atom is -0.0406 e. The lowest BCUT2D eigenvalue weighted by atomic mass is 9.69.